The Bertz CT molecular complexity index is 1130. The number of aryl methyl sites for hydroxylation is 1. The molecule has 2 aromatic heterocycles. The number of hydrogen-bond acceptors (Lipinski definition) is 6. The molecule has 3 N–H and O–H groups in total. The Hall–Kier alpha value is -2.94. The zero-order valence-corrected chi connectivity index (χ0v) is 19.5. The van der Waals surface area contributed by atoms with E-state index < -0.39 is 28.8 Å². The lowest BCUT2D eigenvalue weighted by atomic mass is 9.86. The third-order valence-electron chi connectivity index (χ3n) is 5.82. The van der Waals surface area contributed by atoms with Crippen molar-refractivity contribution in [2.75, 3.05) is 17.7 Å². The van der Waals surface area contributed by atoms with E-state index in [1.807, 2.05) is 13.8 Å². The lowest BCUT2D eigenvalue weighted by Crippen LogP contribution is -2.45. The van der Waals surface area contributed by atoms with Gasteiger partial charge in [-0.05, 0) is 44.7 Å². The number of aromatic nitrogens is 3. The predicted molar refractivity (Wildman–Crippen MR) is 124 cm³/mol. The van der Waals surface area contributed by atoms with Crippen LogP contribution in [0, 0.1) is 18.7 Å². The van der Waals surface area contributed by atoms with Crippen LogP contribution in [0.1, 0.15) is 50.6 Å². The number of alkyl halides is 2. The third-order valence-corrected chi connectivity index (χ3v) is 5.82. The highest BCUT2D eigenvalue weighted by atomic mass is 19.3. The Morgan fingerprint density at radius 2 is 1.88 bits per heavy atom. The number of pyridine rings is 1. The molecule has 0 saturated heterocycles. The smallest absolute Gasteiger partial charge is 0.304 e. The molecule has 1 fully saturated rings. The number of anilines is 2. The van der Waals surface area contributed by atoms with Crippen molar-refractivity contribution in [1.29, 1.82) is 0 Å². The highest BCUT2D eigenvalue weighted by Crippen LogP contribution is 2.52. The molecule has 33 heavy (non-hydrogen) atoms. The molecule has 4 rings (SSSR count). The summed E-state index contributed by atoms with van der Waals surface area (Å²) in [4.78, 5) is 12.9. The maximum Gasteiger partial charge on any atom is 0.304 e. The van der Waals surface area contributed by atoms with E-state index in [4.69, 9.17) is 0 Å². The Labute approximate surface area is 191 Å². The predicted octanol–water partition coefficient (Wildman–Crippen LogP) is 5.41. The zero-order valence-electron chi connectivity index (χ0n) is 19.5. The van der Waals surface area contributed by atoms with Crippen molar-refractivity contribution in [2.45, 2.75) is 58.6 Å². The molecule has 9 heteroatoms. The molecule has 0 bridgehead atoms. The third kappa shape index (κ3) is 4.73. The Morgan fingerprint density at radius 3 is 2.52 bits per heavy atom. The fourth-order valence-electron chi connectivity index (χ4n) is 3.73. The van der Waals surface area contributed by atoms with Crippen molar-refractivity contribution in [3.8, 4) is 0 Å². The van der Waals surface area contributed by atoms with Gasteiger partial charge in [-0.25, -0.2) is 19.3 Å². The SMILES string of the molecule is CC.CNc1cc2c(NCc3cccc(C(F)(F)C(C)(O)C4CC4)c3F)nc(C)nc2cn1. The van der Waals surface area contributed by atoms with Gasteiger partial charge in [0.05, 0.1) is 17.3 Å². The summed E-state index contributed by atoms with van der Waals surface area (Å²) in [5.74, 6) is -3.72. The number of nitrogens with zero attached hydrogens (tertiary/aromatic N) is 3. The number of rotatable bonds is 7. The van der Waals surface area contributed by atoms with Crippen molar-refractivity contribution in [3.05, 3.63) is 53.2 Å². The van der Waals surface area contributed by atoms with Crippen LogP contribution < -0.4 is 10.6 Å². The minimum Gasteiger partial charge on any atom is -0.383 e. The number of benzene rings is 1. The maximum atomic E-state index is 15.1. The second-order valence-electron chi connectivity index (χ2n) is 8.08. The lowest BCUT2D eigenvalue weighted by Gasteiger charge is -2.33. The van der Waals surface area contributed by atoms with Crippen molar-refractivity contribution < 1.29 is 18.3 Å². The van der Waals surface area contributed by atoms with Crippen molar-refractivity contribution in [1.82, 2.24) is 15.0 Å². The number of aliphatic hydroxyl groups is 1. The largest absolute Gasteiger partial charge is 0.383 e. The summed E-state index contributed by atoms with van der Waals surface area (Å²) >= 11 is 0. The molecule has 178 valence electrons. The number of nitrogens with one attached hydrogen (secondary N) is 2. The number of hydrogen-bond donors (Lipinski definition) is 3. The second-order valence-corrected chi connectivity index (χ2v) is 8.08. The van der Waals surface area contributed by atoms with Crippen LogP contribution in [0.4, 0.5) is 24.8 Å². The Morgan fingerprint density at radius 1 is 1.18 bits per heavy atom. The van der Waals surface area contributed by atoms with Gasteiger partial charge in [-0.1, -0.05) is 26.0 Å². The molecule has 0 spiro atoms. The summed E-state index contributed by atoms with van der Waals surface area (Å²) in [7, 11) is 1.73. The molecule has 1 aliphatic carbocycles. The van der Waals surface area contributed by atoms with Crippen LogP contribution in [0.2, 0.25) is 0 Å². The van der Waals surface area contributed by atoms with Crippen LogP contribution in [0.5, 0.6) is 0 Å². The summed E-state index contributed by atoms with van der Waals surface area (Å²) in [6, 6.07) is 5.60. The van der Waals surface area contributed by atoms with E-state index in [0.717, 1.165) is 13.0 Å². The van der Waals surface area contributed by atoms with Gasteiger partial charge in [0.25, 0.3) is 0 Å². The molecular weight excluding hydrogens is 431 g/mol. The monoisotopic (exact) mass is 461 g/mol. The van der Waals surface area contributed by atoms with Crippen molar-refractivity contribution >= 4 is 22.5 Å². The van der Waals surface area contributed by atoms with Gasteiger partial charge in [-0.15, -0.1) is 0 Å². The normalized spacial score (nSPS) is 15.4. The van der Waals surface area contributed by atoms with Gasteiger partial charge in [-0.3, -0.25) is 0 Å². The van der Waals surface area contributed by atoms with Gasteiger partial charge in [0, 0.05) is 24.5 Å². The summed E-state index contributed by atoms with van der Waals surface area (Å²) in [5.41, 5.74) is -2.43. The standard InChI is InChI=1S/C22H24F3N5O.C2H6/c1-12-29-17-11-27-18(26-3)9-15(17)20(30-12)28-10-13-5-4-6-16(19(13)23)22(24,25)21(2,31)14-7-8-14;1-2/h4-6,9,11,14,31H,7-8,10H2,1-3H3,(H,26,27)(H,28,29,30);1-2H3. The summed E-state index contributed by atoms with van der Waals surface area (Å²) in [5, 5.41) is 17.0. The average molecular weight is 462 g/mol. The average Bonchev–Trinajstić information content (AvgIpc) is 3.65. The topological polar surface area (TPSA) is 83.0 Å². The van der Waals surface area contributed by atoms with Gasteiger partial charge < -0.3 is 15.7 Å². The maximum absolute atomic E-state index is 15.1. The van der Waals surface area contributed by atoms with E-state index >= 15 is 13.2 Å². The summed E-state index contributed by atoms with van der Waals surface area (Å²) < 4.78 is 45.2. The van der Waals surface area contributed by atoms with Gasteiger partial charge in [0.1, 0.15) is 28.9 Å². The molecule has 0 aliphatic heterocycles. The fourth-order valence-corrected chi connectivity index (χ4v) is 3.73. The first-order valence-corrected chi connectivity index (χ1v) is 11.1. The molecule has 1 saturated carbocycles. The van der Waals surface area contributed by atoms with Crippen LogP contribution in [-0.2, 0) is 12.5 Å². The van der Waals surface area contributed by atoms with E-state index in [-0.39, 0.29) is 12.1 Å². The van der Waals surface area contributed by atoms with E-state index in [9.17, 15) is 5.11 Å². The van der Waals surface area contributed by atoms with Crippen LogP contribution in [0.15, 0.2) is 30.5 Å². The molecular formula is C24H30F3N5O. The van der Waals surface area contributed by atoms with Crippen molar-refractivity contribution in [3.63, 3.8) is 0 Å². The van der Waals surface area contributed by atoms with E-state index in [1.54, 1.807) is 26.2 Å². The molecule has 1 aromatic carbocycles. The van der Waals surface area contributed by atoms with Crippen LogP contribution in [0.25, 0.3) is 10.9 Å². The van der Waals surface area contributed by atoms with Gasteiger partial charge in [0.15, 0.2) is 0 Å². The number of fused-ring (bicyclic) bond motifs is 1. The first-order valence-electron chi connectivity index (χ1n) is 11.1. The van der Waals surface area contributed by atoms with Crippen LogP contribution in [0.3, 0.4) is 0 Å². The molecule has 2 heterocycles. The van der Waals surface area contributed by atoms with Gasteiger partial charge >= 0.3 is 5.92 Å². The summed E-state index contributed by atoms with van der Waals surface area (Å²) in [6.07, 6.45) is 2.62. The Kier molecular flexibility index (Phi) is 7.11. The van der Waals surface area contributed by atoms with Crippen molar-refractivity contribution in [2.24, 2.45) is 5.92 Å². The molecule has 0 radical (unpaired) electrons. The zero-order chi connectivity index (χ0) is 24.4. The molecule has 3 aromatic rings. The molecule has 1 atom stereocenters. The summed E-state index contributed by atoms with van der Waals surface area (Å²) in [6.45, 7) is 6.74. The highest BCUT2D eigenvalue weighted by Gasteiger charge is 2.59. The minimum atomic E-state index is -3.71. The van der Waals surface area contributed by atoms with Crippen LogP contribution >= 0.6 is 0 Å². The number of halogens is 3. The van der Waals surface area contributed by atoms with Gasteiger partial charge in [-0.2, -0.15) is 8.78 Å². The van der Waals surface area contributed by atoms with Crippen LogP contribution in [-0.4, -0.2) is 32.7 Å². The fraction of sp³-hybridized carbons (Fsp3) is 0.458. The molecule has 0 amide bonds. The minimum absolute atomic E-state index is 0.0519. The van der Waals surface area contributed by atoms with E-state index in [2.05, 4.69) is 25.6 Å². The lowest BCUT2D eigenvalue weighted by molar-refractivity contribution is -0.191. The van der Waals surface area contributed by atoms with E-state index in [1.165, 1.54) is 12.1 Å². The quantitative estimate of drug-likeness (QED) is 0.437. The van der Waals surface area contributed by atoms with Gasteiger partial charge in [0.2, 0.25) is 0 Å². The first-order chi connectivity index (χ1) is 15.6. The molecule has 1 unspecified atom stereocenters. The first kappa shape index (κ1) is 24.7. The molecule has 6 nitrogen and oxygen atoms in total. The van der Waals surface area contributed by atoms with E-state index in [0.29, 0.717) is 41.2 Å². The molecule has 1 aliphatic rings. The highest BCUT2D eigenvalue weighted by molar-refractivity contribution is 5.90. The second kappa shape index (κ2) is 9.51. The Balaban J connectivity index is 0.00000149.